The Morgan fingerprint density at radius 3 is 2.36 bits per heavy atom. The normalized spacial score (nSPS) is 17.5. The summed E-state index contributed by atoms with van der Waals surface area (Å²) < 4.78 is 0. The molecule has 0 bridgehead atoms. The van der Waals surface area contributed by atoms with Gasteiger partial charge in [-0.1, -0.05) is 90.2 Å². The maximum absolute atomic E-state index is 13.6. The van der Waals surface area contributed by atoms with Crippen LogP contribution in [-0.2, 0) is 11.2 Å². The van der Waals surface area contributed by atoms with Gasteiger partial charge in [-0.2, -0.15) is 0 Å². The lowest BCUT2D eigenvalue weighted by Crippen LogP contribution is -2.44. The summed E-state index contributed by atoms with van der Waals surface area (Å²) in [5.74, 6) is -0.879. The molecular formula is C26H22N4O2S. The highest BCUT2D eigenvalue weighted by molar-refractivity contribution is 7.15. The number of likely N-dealkylation sites (N-methyl/N-ethyl adjacent to an activating group) is 1. The van der Waals surface area contributed by atoms with E-state index in [1.807, 2.05) is 78.9 Å². The number of benzene rings is 3. The molecule has 1 aliphatic rings. The highest BCUT2D eigenvalue weighted by Crippen LogP contribution is 2.42. The molecule has 33 heavy (non-hydrogen) atoms. The predicted molar refractivity (Wildman–Crippen MR) is 128 cm³/mol. The van der Waals surface area contributed by atoms with Gasteiger partial charge < -0.3 is 4.90 Å². The fourth-order valence-electron chi connectivity index (χ4n) is 4.35. The second-order valence-corrected chi connectivity index (χ2v) is 9.05. The lowest BCUT2D eigenvalue weighted by Gasteiger charge is -2.39. The van der Waals surface area contributed by atoms with Gasteiger partial charge in [-0.05, 0) is 22.8 Å². The van der Waals surface area contributed by atoms with Crippen LogP contribution in [-0.4, -0.2) is 34.0 Å². The fourth-order valence-corrected chi connectivity index (χ4v) is 5.13. The molecule has 2 amide bonds. The molecule has 0 unspecified atom stereocenters. The van der Waals surface area contributed by atoms with Crippen molar-refractivity contribution in [2.24, 2.45) is 0 Å². The monoisotopic (exact) mass is 454 g/mol. The molecule has 1 aromatic heterocycles. The van der Waals surface area contributed by atoms with Gasteiger partial charge in [0.15, 0.2) is 0 Å². The molecule has 4 aromatic rings. The van der Waals surface area contributed by atoms with E-state index in [4.69, 9.17) is 0 Å². The Balaban J connectivity index is 1.46. The lowest BCUT2D eigenvalue weighted by molar-refractivity contribution is -0.119. The van der Waals surface area contributed by atoms with Crippen molar-refractivity contribution >= 4 is 28.3 Å². The molecule has 2 atom stereocenters. The van der Waals surface area contributed by atoms with Crippen molar-refractivity contribution in [3.05, 3.63) is 112 Å². The standard InChI is InChI=1S/C26H22N4O2S/c1-30-23(18-12-6-3-7-13-18)22(19-14-8-9-15-20(19)25(30)32)24(31)27-26-29-28-21(33-26)16-17-10-4-2-5-11-17/h2-15,22-23H,16H2,1H3,(H,27,29,31)/t22-,23+/m0/s1. The minimum Gasteiger partial charge on any atom is -0.334 e. The zero-order valence-corrected chi connectivity index (χ0v) is 18.8. The number of rotatable bonds is 5. The highest BCUT2D eigenvalue weighted by atomic mass is 32.1. The smallest absolute Gasteiger partial charge is 0.254 e. The van der Waals surface area contributed by atoms with E-state index in [0.29, 0.717) is 17.1 Å². The molecule has 0 saturated heterocycles. The van der Waals surface area contributed by atoms with Gasteiger partial charge in [-0.3, -0.25) is 14.9 Å². The van der Waals surface area contributed by atoms with Crippen LogP contribution >= 0.6 is 11.3 Å². The van der Waals surface area contributed by atoms with Gasteiger partial charge in [0.25, 0.3) is 5.91 Å². The summed E-state index contributed by atoms with van der Waals surface area (Å²) in [6.45, 7) is 0. The first kappa shape index (κ1) is 21.0. The van der Waals surface area contributed by atoms with E-state index < -0.39 is 12.0 Å². The second-order valence-electron chi connectivity index (χ2n) is 7.99. The van der Waals surface area contributed by atoms with Gasteiger partial charge >= 0.3 is 0 Å². The molecule has 3 aromatic carbocycles. The van der Waals surface area contributed by atoms with Crippen LogP contribution in [0.2, 0.25) is 0 Å². The van der Waals surface area contributed by atoms with Gasteiger partial charge in [0.1, 0.15) is 5.01 Å². The van der Waals surface area contributed by atoms with E-state index in [2.05, 4.69) is 15.5 Å². The summed E-state index contributed by atoms with van der Waals surface area (Å²) in [5.41, 5.74) is 3.32. The maximum Gasteiger partial charge on any atom is 0.254 e. The van der Waals surface area contributed by atoms with Crippen LogP contribution in [0.25, 0.3) is 0 Å². The van der Waals surface area contributed by atoms with Crippen molar-refractivity contribution in [3.8, 4) is 0 Å². The van der Waals surface area contributed by atoms with Gasteiger partial charge in [-0.15, -0.1) is 10.2 Å². The molecule has 5 rings (SSSR count). The molecule has 1 aliphatic heterocycles. The first-order valence-corrected chi connectivity index (χ1v) is 11.5. The Morgan fingerprint density at radius 2 is 1.61 bits per heavy atom. The fraction of sp³-hybridized carbons (Fsp3) is 0.154. The summed E-state index contributed by atoms with van der Waals surface area (Å²) in [7, 11) is 1.75. The number of hydrogen-bond donors (Lipinski definition) is 1. The number of hydrogen-bond acceptors (Lipinski definition) is 5. The highest BCUT2D eigenvalue weighted by Gasteiger charge is 2.42. The molecule has 0 aliphatic carbocycles. The van der Waals surface area contributed by atoms with Gasteiger partial charge in [-0.25, -0.2) is 0 Å². The second kappa shape index (κ2) is 8.96. The molecule has 1 N–H and O–H groups in total. The number of nitrogens with one attached hydrogen (secondary N) is 1. The Kier molecular flexibility index (Phi) is 5.71. The van der Waals surface area contributed by atoms with Crippen LogP contribution in [0.4, 0.5) is 5.13 Å². The average Bonchev–Trinajstić information content (AvgIpc) is 3.28. The largest absolute Gasteiger partial charge is 0.334 e. The summed E-state index contributed by atoms with van der Waals surface area (Å²) in [6, 6.07) is 26.6. The first-order valence-electron chi connectivity index (χ1n) is 10.7. The summed E-state index contributed by atoms with van der Waals surface area (Å²) >= 11 is 1.37. The van der Waals surface area contributed by atoms with E-state index in [1.54, 1.807) is 18.0 Å². The molecular weight excluding hydrogens is 432 g/mol. The quantitative estimate of drug-likeness (QED) is 0.475. The SMILES string of the molecule is CN1C(=O)c2ccccc2[C@H](C(=O)Nc2nnc(Cc3ccccc3)s2)[C@H]1c1ccccc1. The summed E-state index contributed by atoms with van der Waals surface area (Å²) in [6.07, 6.45) is 0.657. The van der Waals surface area contributed by atoms with Crippen molar-refractivity contribution < 1.29 is 9.59 Å². The number of carbonyl (C=O) groups is 2. The number of nitrogens with zero attached hydrogens (tertiary/aromatic N) is 3. The Morgan fingerprint density at radius 1 is 0.939 bits per heavy atom. The molecule has 0 fully saturated rings. The third kappa shape index (κ3) is 4.15. The number of carbonyl (C=O) groups excluding carboxylic acids is 2. The maximum atomic E-state index is 13.6. The average molecular weight is 455 g/mol. The summed E-state index contributed by atoms with van der Waals surface area (Å²) in [4.78, 5) is 28.4. The lowest BCUT2D eigenvalue weighted by atomic mass is 9.79. The Hall–Kier alpha value is -3.84. The zero-order valence-electron chi connectivity index (χ0n) is 18.0. The van der Waals surface area contributed by atoms with Crippen LogP contribution in [0.1, 0.15) is 44.0 Å². The number of amides is 2. The van der Waals surface area contributed by atoms with E-state index in [9.17, 15) is 9.59 Å². The van der Waals surface area contributed by atoms with Gasteiger partial charge in [0.2, 0.25) is 11.0 Å². The van der Waals surface area contributed by atoms with Crippen LogP contribution in [0.5, 0.6) is 0 Å². The van der Waals surface area contributed by atoms with Crippen molar-refractivity contribution in [3.63, 3.8) is 0 Å². The van der Waals surface area contributed by atoms with Crippen LogP contribution < -0.4 is 5.32 Å². The van der Waals surface area contributed by atoms with E-state index in [0.717, 1.165) is 21.7 Å². The Labute approximate surface area is 195 Å². The minimum atomic E-state index is -0.576. The predicted octanol–water partition coefficient (Wildman–Crippen LogP) is 4.68. The van der Waals surface area contributed by atoms with Crippen LogP contribution in [0.15, 0.2) is 84.9 Å². The topological polar surface area (TPSA) is 75.2 Å². The van der Waals surface area contributed by atoms with Crippen LogP contribution in [0, 0.1) is 0 Å². The van der Waals surface area contributed by atoms with E-state index >= 15 is 0 Å². The number of anilines is 1. The molecule has 6 nitrogen and oxygen atoms in total. The van der Waals surface area contributed by atoms with Crippen molar-refractivity contribution in [2.45, 2.75) is 18.4 Å². The molecule has 0 spiro atoms. The van der Waals surface area contributed by atoms with Crippen molar-refractivity contribution in [1.29, 1.82) is 0 Å². The Bertz CT molecular complexity index is 1290. The van der Waals surface area contributed by atoms with Crippen LogP contribution in [0.3, 0.4) is 0 Å². The van der Waals surface area contributed by atoms with E-state index in [1.165, 1.54) is 11.3 Å². The third-order valence-electron chi connectivity index (χ3n) is 5.90. The molecule has 2 heterocycles. The van der Waals surface area contributed by atoms with E-state index in [-0.39, 0.29) is 11.8 Å². The first-order chi connectivity index (χ1) is 16.1. The number of fused-ring (bicyclic) bond motifs is 1. The van der Waals surface area contributed by atoms with Crippen molar-refractivity contribution in [2.75, 3.05) is 12.4 Å². The number of aromatic nitrogens is 2. The minimum absolute atomic E-state index is 0.0930. The van der Waals surface area contributed by atoms with Gasteiger partial charge in [0, 0.05) is 19.0 Å². The molecule has 0 radical (unpaired) electrons. The molecule has 0 saturated carbocycles. The summed E-state index contributed by atoms with van der Waals surface area (Å²) in [5, 5.41) is 12.7. The van der Waals surface area contributed by atoms with Crippen molar-refractivity contribution in [1.82, 2.24) is 15.1 Å². The molecule has 7 heteroatoms. The van der Waals surface area contributed by atoms with Gasteiger partial charge in [0.05, 0.1) is 12.0 Å². The third-order valence-corrected chi connectivity index (χ3v) is 6.74. The molecule has 164 valence electrons. The zero-order chi connectivity index (χ0) is 22.8.